The molecule has 1 aliphatic heterocycles. The van der Waals surface area contributed by atoms with E-state index in [1.54, 1.807) is 24.3 Å². The SMILES string of the molecule is O=C1/C(=C\c2cccc([N+](=O)[O-])c2)Sc2ccccc21. The van der Waals surface area contributed by atoms with Gasteiger partial charge in [0.05, 0.1) is 9.83 Å². The van der Waals surface area contributed by atoms with Crippen molar-refractivity contribution in [3.63, 3.8) is 0 Å². The number of hydrogen-bond acceptors (Lipinski definition) is 4. The standard InChI is InChI=1S/C15H9NO3S/c17-15-12-6-1-2-7-13(12)20-14(15)9-10-4-3-5-11(8-10)16(18)19/h1-9H/b14-9+. The van der Waals surface area contributed by atoms with Crippen LogP contribution in [0.1, 0.15) is 15.9 Å². The molecule has 1 heterocycles. The summed E-state index contributed by atoms with van der Waals surface area (Å²) in [6.45, 7) is 0. The Morgan fingerprint density at radius 3 is 2.65 bits per heavy atom. The molecule has 0 bridgehead atoms. The fourth-order valence-corrected chi connectivity index (χ4v) is 3.07. The highest BCUT2D eigenvalue weighted by atomic mass is 32.2. The van der Waals surface area contributed by atoms with Gasteiger partial charge in [0.1, 0.15) is 0 Å². The molecule has 0 unspecified atom stereocenters. The van der Waals surface area contributed by atoms with Crippen molar-refractivity contribution in [2.24, 2.45) is 0 Å². The van der Waals surface area contributed by atoms with Gasteiger partial charge in [-0.15, -0.1) is 0 Å². The topological polar surface area (TPSA) is 60.2 Å². The van der Waals surface area contributed by atoms with E-state index in [4.69, 9.17) is 0 Å². The summed E-state index contributed by atoms with van der Waals surface area (Å²) < 4.78 is 0. The number of carbonyl (C=O) groups excluding carboxylic acids is 1. The summed E-state index contributed by atoms with van der Waals surface area (Å²) in [4.78, 5) is 24.0. The van der Waals surface area contributed by atoms with Gasteiger partial charge in [-0.1, -0.05) is 36.0 Å². The molecule has 98 valence electrons. The highest BCUT2D eigenvalue weighted by Crippen LogP contribution is 2.40. The Bertz CT molecular complexity index is 752. The molecule has 0 saturated carbocycles. The minimum Gasteiger partial charge on any atom is -0.288 e. The summed E-state index contributed by atoms with van der Waals surface area (Å²) in [5.74, 6) is -0.0305. The fourth-order valence-electron chi connectivity index (χ4n) is 2.02. The van der Waals surface area contributed by atoms with Gasteiger partial charge in [-0.25, -0.2) is 0 Å². The molecular formula is C15H9NO3S. The summed E-state index contributed by atoms with van der Waals surface area (Å²) in [5.41, 5.74) is 1.37. The molecule has 0 fully saturated rings. The van der Waals surface area contributed by atoms with Gasteiger partial charge in [-0.05, 0) is 23.8 Å². The van der Waals surface area contributed by atoms with Crippen LogP contribution in [0, 0.1) is 10.1 Å². The number of nitro benzene ring substituents is 1. The van der Waals surface area contributed by atoms with E-state index in [9.17, 15) is 14.9 Å². The number of Topliss-reactive ketones (excluding diaryl/α,β-unsaturated/α-hetero) is 1. The smallest absolute Gasteiger partial charge is 0.270 e. The highest BCUT2D eigenvalue weighted by Gasteiger charge is 2.25. The summed E-state index contributed by atoms with van der Waals surface area (Å²) >= 11 is 1.40. The molecule has 0 saturated heterocycles. The first-order valence-corrected chi connectivity index (χ1v) is 6.74. The second kappa shape index (κ2) is 4.94. The zero-order chi connectivity index (χ0) is 14.1. The van der Waals surface area contributed by atoms with Crippen molar-refractivity contribution in [1.82, 2.24) is 0 Å². The Morgan fingerprint density at radius 2 is 1.90 bits per heavy atom. The molecule has 0 N–H and O–H groups in total. The Balaban J connectivity index is 1.97. The maximum Gasteiger partial charge on any atom is 0.270 e. The van der Waals surface area contributed by atoms with Crippen molar-refractivity contribution in [1.29, 1.82) is 0 Å². The molecule has 2 aromatic carbocycles. The largest absolute Gasteiger partial charge is 0.288 e. The second-order valence-electron chi connectivity index (χ2n) is 4.29. The predicted molar refractivity (Wildman–Crippen MR) is 77.7 cm³/mol. The van der Waals surface area contributed by atoms with E-state index in [2.05, 4.69) is 0 Å². The molecule has 0 aliphatic carbocycles. The lowest BCUT2D eigenvalue weighted by Crippen LogP contribution is -1.94. The number of rotatable bonds is 2. The highest BCUT2D eigenvalue weighted by molar-refractivity contribution is 8.04. The van der Waals surface area contributed by atoms with Gasteiger partial charge in [0.15, 0.2) is 0 Å². The summed E-state index contributed by atoms with van der Waals surface area (Å²) in [7, 11) is 0. The van der Waals surface area contributed by atoms with Crippen LogP contribution in [0.3, 0.4) is 0 Å². The van der Waals surface area contributed by atoms with Gasteiger partial charge in [-0.3, -0.25) is 14.9 Å². The van der Waals surface area contributed by atoms with E-state index in [1.807, 2.05) is 18.2 Å². The van der Waals surface area contributed by atoms with Crippen LogP contribution in [0.15, 0.2) is 58.3 Å². The molecule has 20 heavy (non-hydrogen) atoms. The predicted octanol–water partition coefficient (Wildman–Crippen LogP) is 3.92. The van der Waals surface area contributed by atoms with Gasteiger partial charge in [-0.2, -0.15) is 0 Å². The van der Waals surface area contributed by atoms with Gasteiger partial charge in [0, 0.05) is 22.6 Å². The van der Waals surface area contributed by atoms with E-state index in [0.29, 0.717) is 16.0 Å². The lowest BCUT2D eigenvalue weighted by atomic mass is 10.1. The average Bonchev–Trinajstić information content (AvgIpc) is 2.76. The number of benzene rings is 2. The first kappa shape index (κ1) is 12.6. The zero-order valence-electron chi connectivity index (χ0n) is 10.3. The van der Waals surface area contributed by atoms with E-state index < -0.39 is 4.92 Å². The third kappa shape index (κ3) is 2.23. The molecular weight excluding hydrogens is 274 g/mol. The van der Waals surface area contributed by atoms with Crippen molar-refractivity contribution in [2.75, 3.05) is 0 Å². The number of non-ortho nitro benzene ring substituents is 1. The van der Waals surface area contributed by atoms with Crippen molar-refractivity contribution < 1.29 is 9.72 Å². The minimum absolute atomic E-state index is 0.0207. The van der Waals surface area contributed by atoms with Gasteiger partial charge in [0.25, 0.3) is 5.69 Å². The summed E-state index contributed by atoms with van der Waals surface area (Å²) in [5, 5.41) is 10.7. The number of carbonyl (C=O) groups is 1. The molecule has 0 radical (unpaired) electrons. The molecule has 0 atom stereocenters. The van der Waals surface area contributed by atoms with Crippen LogP contribution in [-0.2, 0) is 0 Å². The van der Waals surface area contributed by atoms with Gasteiger partial charge in [0.2, 0.25) is 5.78 Å². The van der Waals surface area contributed by atoms with Crippen LogP contribution in [0.25, 0.3) is 6.08 Å². The van der Waals surface area contributed by atoms with E-state index in [0.717, 1.165) is 4.90 Å². The Labute approximate surface area is 119 Å². The van der Waals surface area contributed by atoms with Crippen LogP contribution in [0.5, 0.6) is 0 Å². The number of thioether (sulfide) groups is 1. The molecule has 0 aromatic heterocycles. The van der Waals surface area contributed by atoms with Crippen molar-refractivity contribution >= 4 is 29.3 Å². The lowest BCUT2D eigenvalue weighted by Gasteiger charge is -1.96. The van der Waals surface area contributed by atoms with Crippen LogP contribution < -0.4 is 0 Å². The monoisotopic (exact) mass is 283 g/mol. The van der Waals surface area contributed by atoms with E-state index >= 15 is 0 Å². The first-order chi connectivity index (χ1) is 9.65. The molecule has 0 spiro atoms. The number of fused-ring (bicyclic) bond motifs is 1. The molecule has 5 heteroatoms. The zero-order valence-corrected chi connectivity index (χ0v) is 11.1. The number of nitrogens with zero attached hydrogens (tertiary/aromatic N) is 1. The third-order valence-electron chi connectivity index (χ3n) is 2.95. The molecule has 0 amide bonds. The van der Waals surface area contributed by atoms with Gasteiger partial charge >= 0.3 is 0 Å². The molecule has 2 aromatic rings. The van der Waals surface area contributed by atoms with Crippen molar-refractivity contribution in [3.05, 3.63) is 74.7 Å². The Hall–Kier alpha value is -2.40. The quantitative estimate of drug-likeness (QED) is 0.476. The van der Waals surface area contributed by atoms with Crippen molar-refractivity contribution in [2.45, 2.75) is 4.90 Å². The number of allylic oxidation sites excluding steroid dienone is 1. The second-order valence-corrected chi connectivity index (χ2v) is 5.37. The summed E-state index contributed by atoms with van der Waals surface area (Å²) in [6, 6.07) is 13.6. The minimum atomic E-state index is -0.444. The lowest BCUT2D eigenvalue weighted by molar-refractivity contribution is -0.384. The normalized spacial score (nSPS) is 15.4. The molecule has 4 nitrogen and oxygen atoms in total. The Kier molecular flexibility index (Phi) is 3.12. The maximum atomic E-state index is 12.2. The Morgan fingerprint density at radius 1 is 1.10 bits per heavy atom. The molecule has 1 aliphatic rings. The van der Waals surface area contributed by atoms with Gasteiger partial charge < -0.3 is 0 Å². The van der Waals surface area contributed by atoms with E-state index in [1.165, 1.54) is 23.9 Å². The van der Waals surface area contributed by atoms with Crippen molar-refractivity contribution in [3.8, 4) is 0 Å². The van der Waals surface area contributed by atoms with Crippen LogP contribution in [0.2, 0.25) is 0 Å². The number of ketones is 1. The van der Waals surface area contributed by atoms with E-state index in [-0.39, 0.29) is 11.5 Å². The van der Waals surface area contributed by atoms with Crippen LogP contribution in [-0.4, -0.2) is 10.7 Å². The summed E-state index contributed by atoms with van der Waals surface area (Å²) in [6.07, 6.45) is 1.69. The third-order valence-corrected chi connectivity index (χ3v) is 4.05. The average molecular weight is 283 g/mol. The number of hydrogen-bond donors (Lipinski definition) is 0. The maximum absolute atomic E-state index is 12.2. The van der Waals surface area contributed by atoms with Crippen LogP contribution in [0.4, 0.5) is 5.69 Å². The first-order valence-electron chi connectivity index (χ1n) is 5.93. The fraction of sp³-hybridized carbons (Fsp3) is 0. The van der Waals surface area contributed by atoms with Crippen LogP contribution >= 0.6 is 11.8 Å². The number of nitro groups is 1. The molecule has 3 rings (SSSR count).